The number of aromatic nitrogens is 1. The maximum absolute atomic E-state index is 9.84. The van der Waals surface area contributed by atoms with Crippen molar-refractivity contribution in [2.75, 3.05) is 13.2 Å². The Morgan fingerprint density at radius 1 is 1.07 bits per heavy atom. The van der Waals surface area contributed by atoms with E-state index in [4.69, 9.17) is 10.00 Å². The minimum Gasteiger partial charge on any atom is -0.490 e. The van der Waals surface area contributed by atoms with Gasteiger partial charge in [-0.25, -0.2) is 0 Å². The van der Waals surface area contributed by atoms with E-state index in [1.165, 1.54) is 5.40 Å². The average Bonchev–Trinajstić information content (AvgIpc) is 2.73. The minimum atomic E-state index is -0.499. The highest BCUT2D eigenvalue weighted by Crippen LogP contribution is 2.25. The molecule has 1 unspecified atom stereocenters. The van der Waals surface area contributed by atoms with Crippen molar-refractivity contribution in [1.82, 2.24) is 10.3 Å². The highest BCUT2D eigenvalue weighted by Gasteiger charge is 2.07. The second kappa shape index (κ2) is 14.5. The SMILES string of the molecule is CC(C)NCC(O)COc1cccc2ccccc12.N#CS.c1ccncc1. The van der Waals surface area contributed by atoms with Crippen molar-refractivity contribution >= 4 is 23.4 Å². The molecule has 0 fully saturated rings. The number of thiocyanates is 1. The number of benzene rings is 2. The zero-order valence-corrected chi connectivity index (χ0v) is 17.1. The number of nitrogens with zero attached hydrogens (tertiary/aromatic N) is 2. The number of ether oxygens (including phenoxy) is 1. The first kappa shape index (κ1) is 23.4. The molecular weight excluding hydrogens is 370 g/mol. The normalized spacial score (nSPS) is 10.7. The summed E-state index contributed by atoms with van der Waals surface area (Å²) in [5, 5.41) is 23.9. The van der Waals surface area contributed by atoms with E-state index in [9.17, 15) is 5.11 Å². The third-order valence-electron chi connectivity index (χ3n) is 3.51. The Hall–Kier alpha value is -2.59. The fourth-order valence-corrected chi connectivity index (χ4v) is 2.25. The van der Waals surface area contributed by atoms with Crippen LogP contribution in [-0.4, -0.2) is 35.4 Å². The van der Waals surface area contributed by atoms with E-state index in [2.05, 4.69) is 48.9 Å². The summed E-state index contributed by atoms with van der Waals surface area (Å²) in [5.41, 5.74) is 0. The molecule has 0 spiro atoms. The molecule has 3 aromatic rings. The number of hydrogen-bond acceptors (Lipinski definition) is 6. The number of hydrogen-bond donors (Lipinski definition) is 3. The first-order valence-electron chi connectivity index (χ1n) is 8.98. The van der Waals surface area contributed by atoms with Gasteiger partial charge in [0.25, 0.3) is 0 Å². The molecule has 0 aliphatic heterocycles. The summed E-state index contributed by atoms with van der Waals surface area (Å²) in [6.45, 7) is 4.95. The van der Waals surface area contributed by atoms with Gasteiger partial charge in [0, 0.05) is 30.4 Å². The third-order valence-corrected chi connectivity index (χ3v) is 3.51. The molecule has 1 aromatic heterocycles. The zero-order chi connectivity index (χ0) is 20.6. The first-order chi connectivity index (χ1) is 13.6. The number of aliphatic hydroxyl groups is 1. The van der Waals surface area contributed by atoms with Crippen molar-refractivity contribution in [1.29, 1.82) is 5.26 Å². The quantitative estimate of drug-likeness (QED) is 0.432. The Kier molecular flexibility index (Phi) is 12.1. The van der Waals surface area contributed by atoms with Gasteiger partial charge in [-0.05, 0) is 23.6 Å². The fourth-order valence-electron chi connectivity index (χ4n) is 2.25. The van der Waals surface area contributed by atoms with Crippen LogP contribution in [0.4, 0.5) is 0 Å². The Morgan fingerprint density at radius 3 is 2.29 bits per heavy atom. The van der Waals surface area contributed by atoms with Gasteiger partial charge in [-0.3, -0.25) is 4.98 Å². The van der Waals surface area contributed by atoms with Gasteiger partial charge in [-0.1, -0.05) is 68.9 Å². The van der Waals surface area contributed by atoms with Gasteiger partial charge < -0.3 is 15.2 Å². The van der Waals surface area contributed by atoms with Crippen LogP contribution in [0.1, 0.15) is 13.8 Å². The van der Waals surface area contributed by atoms with Gasteiger partial charge in [-0.2, -0.15) is 5.26 Å². The molecular formula is C22H27N3O2S. The molecule has 0 aliphatic carbocycles. The summed E-state index contributed by atoms with van der Waals surface area (Å²) in [6, 6.07) is 20.1. The van der Waals surface area contributed by atoms with Crippen molar-refractivity contribution < 1.29 is 9.84 Å². The van der Waals surface area contributed by atoms with Crippen LogP contribution in [0, 0.1) is 10.7 Å². The molecule has 5 nitrogen and oxygen atoms in total. The van der Waals surface area contributed by atoms with E-state index in [-0.39, 0.29) is 0 Å². The molecule has 148 valence electrons. The van der Waals surface area contributed by atoms with Crippen LogP contribution in [0.5, 0.6) is 5.75 Å². The minimum absolute atomic E-state index is 0.299. The van der Waals surface area contributed by atoms with Gasteiger partial charge in [0.05, 0.1) is 0 Å². The molecule has 2 N–H and O–H groups in total. The Balaban J connectivity index is 0.000000360. The van der Waals surface area contributed by atoms with E-state index in [1.807, 2.05) is 48.5 Å². The Morgan fingerprint density at radius 2 is 1.71 bits per heavy atom. The maximum Gasteiger partial charge on any atom is 0.130 e. The number of thiol groups is 1. The lowest BCUT2D eigenvalue weighted by molar-refractivity contribution is 0.105. The van der Waals surface area contributed by atoms with Crippen molar-refractivity contribution in [3.8, 4) is 11.2 Å². The van der Waals surface area contributed by atoms with Gasteiger partial charge in [-0.15, -0.1) is 0 Å². The summed E-state index contributed by atoms with van der Waals surface area (Å²) in [5.74, 6) is 0.821. The fraction of sp³-hybridized carbons (Fsp3) is 0.273. The number of nitrogens with one attached hydrogen (secondary N) is 1. The van der Waals surface area contributed by atoms with Crippen molar-refractivity contribution in [3.63, 3.8) is 0 Å². The lowest BCUT2D eigenvalue weighted by Crippen LogP contribution is -2.35. The summed E-state index contributed by atoms with van der Waals surface area (Å²) in [6.07, 6.45) is 3.00. The monoisotopic (exact) mass is 397 g/mol. The molecule has 1 heterocycles. The topological polar surface area (TPSA) is 78.2 Å². The largest absolute Gasteiger partial charge is 0.490 e. The van der Waals surface area contributed by atoms with Crippen LogP contribution in [-0.2, 0) is 0 Å². The molecule has 6 heteroatoms. The van der Waals surface area contributed by atoms with Crippen molar-refractivity contribution in [3.05, 3.63) is 73.1 Å². The van der Waals surface area contributed by atoms with E-state index in [0.29, 0.717) is 19.2 Å². The molecule has 1 atom stereocenters. The highest BCUT2D eigenvalue weighted by atomic mass is 32.1. The van der Waals surface area contributed by atoms with E-state index in [0.717, 1.165) is 16.5 Å². The van der Waals surface area contributed by atoms with Gasteiger partial charge >= 0.3 is 0 Å². The summed E-state index contributed by atoms with van der Waals surface area (Å²) in [7, 11) is 0. The third kappa shape index (κ3) is 9.93. The van der Waals surface area contributed by atoms with Gasteiger partial charge in [0.2, 0.25) is 0 Å². The van der Waals surface area contributed by atoms with Crippen LogP contribution < -0.4 is 10.1 Å². The molecule has 0 radical (unpaired) electrons. The maximum atomic E-state index is 9.84. The number of nitriles is 1. The second-order valence-electron chi connectivity index (χ2n) is 6.13. The predicted molar refractivity (Wildman–Crippen MR) is 117 cm³/mol. The van der Waals surface area contributed by atoms with Crippen molar-refractivity contribution in [2.24, 2.45) is 0 Å². The molecule has 0 amide bonds. The number of fused-ring (bicyclic) bond motifs is 1. The summed E-state index contributed by atoms with van der Waals surface area (Å²) in [4.78, 5) is 3.78. The first-order valence-corrected chi connectivity index (χ1v) is 9.43. The van der Waals surface area contributed by atoms with Crippen LogP contribution in [0.2, 0.25) is 0 Å². The average molecular weight is 398 g/mol. The molecule has 2 aromatic carbocycles. The van der Waals surface area contributed by atoms with E-state index in [1.54, 1.807) is 12.4 Å². The summed E-state index contributed by atoms with van der Waals surface area (Å²) < 4.78 is 5.72. The lowest BCUT2D eigenvalue weighted by Gasteiger charge is -2.15. The zero-order valence-electron chi connectivity index (χ0n) is 16.2. The van der Waals surface area contributed by atoms with Crippen molar-refractivity contribution in [2.45, 2.75) is 26.0 Å². The molecule has 0 saturated carbocycles. The number of rotatable bonds is 6. The molecule has 0 aliphatic rings. The Labute approximate surface area is 172 Å². The molecule has 28 heavy (non-hydrogen) atoms. The second-order valence-corrected chi connectivity index (χ2v) is 6.33. The Bertz CT molecular complexity index is 791. The molecule has 0 bridgehead atoms. The number of aliphatic hydroxyl groups excluding tert-OH is 1. The molecule has 0 saturated heterocycles. The van der Waals surface area contributed by atoms with Crippen LogP contribution in [0.15, 0.2) is 73.1 Å². The lowest BCUT2D eigenvalue weighted by atomic mass is 10.1. The smallest absolute Gasteiger partial charge is 0.130 e. The van der Waals surface area contributed by atoms with E-state index < -0.39 is 6.10 Å². The number of pyridine rings is 1. The van der Waals surface area contributed by atoms with E-state index >= 15 is 0 Å². The standard InChI is InChI=1S/C16H21NO2.C5H5N.CHNS/c1-12(2)17-10-14(18)11-19-16-9-5-7-13-6-3-4-8-15(13)16;1-2-4-6-5-3-1;2-1-3/h3-9,12,14,17-18H,10-11H2,1-2H3;1-5H;3H. The predicted octanol–water partition coefficient (Wildman–Crippen LogP) is 4.06. The van der Waals surface area contributed by atoms with Crippen LogP contribution in [0.3, 0.4) is 0 Å². The van der Waals surface area contributed by atoms with Crippen LogP contribution in [0.25, 0.3) is 10.8 Å². The van der Waals surface area contributed by atoms with Gasteiger partial charge in [0.15, 0.2) is 0 Å². The van der Waals surface area contributed by atoms with Crippen LogP contribution >= 0.6 is 12.6 Å². The highest BCUT2D eigenvalue weighted by molar-refractivity contribution is 7.85. The summed E-state index contributed by atoms with van der Waals surface area (Å²) >= 11 is 3.09. The van der Waals surface area contributed by atoms with Gasteiger partial charge in [0.1, 0.15) is 23.9 Å². The molecule has 3 rings (SSSR count).